The number of anilines is 1. The predicted molar refractivity (Wildman–Crippen MR) is 96.0 cm³/mol. The molecule has 3 heteroatoms. The van der Waals surface area contributed by atoms with E-state index in [0.717, 1.165) is 38.9 Å². The van der Waals surface area contributed by atoms with Gasteiger partial charge in [0.1, 0.15) is 0 Å². The van der Waals surface area contributed by atoms with Crippen LogP contribution in [0.5, 0.6) is 0 Å². The van der Waals surface area contributed by atoms with E-state index in [9.17, 15) is 0 Å². The highest BCUT2D eigenvalue weighted by Crippen LogP contribution is 2.31. The topological polar surface area (TPSA) is 18.8 Å². The van der Waals surface area contributed by atoms with Crippen LogP contribution in [0.2, 0.25) is 0 Å². The number of benzene rings is 2. The molecule has 2 aliphatic heterocycles. The molecule has 2 aliphatic rings. The highest BCUT2D eigenvalue weighted by molar-refractivity contribution is 5.86. The maximum Gasteiger partial charge on any atom is 0.0669 e. The molecule has 2 aromatic rings. The third-order valence-electron chi connectivity index (χ3n) is 4.92. The fourth-order valence-corrected chi connectivity index (χ4v) is 3.48. The van der Waals surface area contributed by atoms with E-state index in [0.29, 0.717) is 0 Å². The van der Waals surface area contributed by atoms with Gasteiger partial charge < -0.3 is 4.90 Å². The third-order valence-corrected chi connectivity index (χ3v) is 4.92. The van der Waals surface area contributed by atoms with E-state index in [2.05, 4.69) is 65.5 Å². The molecule has 0 atom stereocenters. The summed E-state index contributed by atoms with van der Waals surface area (Å²) < 4.78 is 0. The summed E-state index contributed by atoms with van der Waals surface area (Å²) in [6.45, 7) is 3.10. The summed E-state index contributed by atoms with van der Waals surface area (Å²) >= 11 is 0. The molecule has 0 bridgehead atoms. The van der Waals surface area contributed by atoms with Gasteiger partial charge in [-0.2, -0.15) is 5.10 Å². The van der Waals surface area contributed by atoms with Crippen LogP contribution in [0.25, 0.3) is 0 Å². The number of hydrogen-bond donors (Lipinski definition) is 0. The van der Waals surface area contributed by atoms with Crippen LogP contribution in [-0.2, 0) is 13.0 Å². The van der Waals surface area contributed by atoms with Crippen LogP contribution in [0.15, 0.2) is 53.6 Å². The number of likely N-dealkylation sites (tertiary alicyclic amines) is 1. The first kappa shape index (κ1) is 14.5. The molecule has 0 radical (unpaired) electrons. The average molecular weight is 305 g/mol. The first-order chi connectivity index (χ1) is 11.3. The molecule has 1 saturated heterocycles. The Morgan fingerprint density at radius 1 is 0.826 bits per heavy atom. The summed E-state index contributed by atoms with van der Waals surface area (Å²) in [5, 5.41) is 7.28. The Balaban J connectivity index is 1.72. The molecule has 3 nitrogen and oxygen atoms in total. The predicted octanol–water partition coefficient (Wildman–Crippen LogP) is 3.68. The molecule has 4 rings (SSSR count). The molecule has 2 aromatic carbocycles. The minimum Gasteiger partial charge on any atom is -0.306 e. The highest BCUT2D eigenvalue weighted by atomic mass is 15.5. The van der Waals surface area contributed by atoms with E-state index in [-0.39, 0.29) is 0 Å². The lowest BCUT2D eigenvalue weighted by Gasteiger charge is -2.26. The minimum absolute atomic E-state index is 0.868. The van der Waals surface area contributed by atoms with Gasteiger partial charge in [-0.15, -0.1) is 0 Å². The Bertz CT molecular complexity index is 725. The second-order valence-electron chi connectivity index (χ2n) is 6.60. The molecule has 0 unspecified atom stereocenters. The maximum absolute atomic E-state index is 5.05. The van der Waals surface area contributed by atoms with Gasteiger partial charge in [-0.05, 0) is 36.2 Å². The summed E-state index contributed by atoms with van der Waals surface area (Å²) in [5.41, 5.74) is 6.77. The standard InChI is InChI=1S/C20H23N3/c1-22-12-10-19(11-13-22)21-23-15-18-8-3-2-6-16(18)14-17-7-4-5-9-20(17)23/h2-9H,10-15H2,1H3. The van der Waals surface area contributed by atoms with Gasteiger partial charge in [0.2, 0.25) is 0 Å². The molecule has 118 valence electrons. The third kappa shape index (κ3) is 3.02. The Morgan fingerprint density at radius 2 is 1.48 bits per heavy atom. The van der Waals surface area contributed by atoms with Crippen molar-refractivity contribution >= 4 is 11.4 Å². The zero-order valence-corrected chi connectivity index (χ0v) is 13.7. The second kappa shape index (κ2) is 6.17. The van der Waals surface area contributed by atoms with Crippen molar-refractivity contribution in [2.24, 2.45) is 5.10 Å². The lowest BCUT2D eigenvalue weighted by molar-refractivity contribution is 0.335. The van der Waals surface area contributed by atoms with E-state index in [1.54, 1.807) is 0 Å². The summed E-state index contributed by atoms with van der Waals surface area (Å²) in [6.07, 6.45) is 3.16. The van der Waals surface area contributed by atoms with Crippen molar-refractivity contribution in [3.05, 3.63) is 65.2 Å². The monoisotopic (exact) mass is 305 g/mol. The van der Waals surface area contributed by atoms with Gasteiger partial charge in [0.05, 0.1) is 12.2 Å². The number of fused-ring (bicyclic) bond motifs is 2. The van der Waals surface area contributed by atoms with Gasteiger partial charge in [-0.3, -0.25) is 5.01 Å². The molecule has 23 heavy (non-hydrogen) atoms. The van der Waals surface area contributed by atoms with Crippen molar-refractivity contribution in [2.45, 2.75) is 25.8 Å². The van der Waals surface area contributed by atoms with Gasteiger partial charge in [-0.1, -0.05) is 42.5 Å². The second-order valence-corrected chi connectivity index (χ2v) is 6.60. The van der Waals surface area contributed by atoms with E-state index in [1.165, 1.54) is 28.1 Å². The first-order valence-corrected chi connectivity index (χ1v) is 8.47. The number of para-hydroxylation sites is 1. The molecule has 0 amide bonds. The normalized spacial score (nSPS) is 18.1. The molecular formula is C20H23N3. The maximum atomic E-state index is 5.05. The molecule has 0 aliphatic carbocycles. The summed E-state index contributed by atoms with van der Waals surface area (Å²) in [6, 6.07) is 17.5. The zero-order chi connectivity index (χ0) is 15.6. The molecule has 0 saturated carbocycles. The Labute approximate surface area is 138 Å². The Kier molecular flexibility index (Phi) is 3.88. The fraction of sp³-hybridized carbons (Fsp3) is 0.350. The number of piperidine rings is 1. The smallest absolute Gasteiger partial charge is 0.0669 e. The summed E-state index contributed by atoms with van der Waals surface area (Å²) in [5.74, 6) is 0. The van der Waals surface area contributed by atoms with Crippen LogP contribution in [-0.4, -0.2) is 30.7 Å². The zero-order valence-electron chi connectivity index (χ0n) is 13.7. The van der Waals surface area contributed by atoms with Crippen molar-refractivity contribution in [3.63, 3.8) is 0 Å². The van der Waals surface area contributed by atoms with E-state index >= 15 is 0 Å². The van der Waals surface area contributed by atoms with Gasteiger partial charge >= 0.3 is 0 Å². The largest absolute Gasteiger partial charge is 0.306 e. The quantitative estimate of drug-likeness (QED) is 0.800. The molecule has 0 aromatic heterocycles. The van der Waals surface area contributed by atoms with Crippen LogP contribution < -0.4 is 5.01 Å². The molecule has 2 heterocycles. The van der Waals surface area contributed by atoms with Gasteiger partial charge in [-0.25, -0.2) is 0 Å². The number of rotatable bonds is 1. The number of nitrogens with zero attached hydrogens (tertiary/aromatic N) is 3. The number of hydrogen-bond acceptors (Lipinski definition) is 3. The van der Waals surface area contributed by atoms with Crippen LogP contribution >= 0.6 is 0 Å². The van der Waals surface area contributed by atoms with E-state index in [1.807, 2.05) is 0 Å². The van der Waals surface area contributed by atoms with Gasteiger partial charge in [0, 0.05) is 31.6 Å². The van der Waals surface area contributed by atoms with Crippen LogP contribution in [0, 0.1) is 0 Å². The molecule has 0 spiro atoms. The minimum atomic E-state index is 0.868. The van der Waals surface area contributed by atoms with Crippen molar-refractivity contribution in [3.8, 4) is 0 Å². The van der Waals surface area contributed by atoms with Crippen molar-refractivity contribution in [2.75, 3.05) is 25.1 Å². The van der Waals surface area contributed by atoms with Gasteiger partial charge in [0.25, 0.3) is 0 Å². The highest BCUT2D eigenvalue weighted by Gasteiger charge is 2.20. The SMILES string of the molecule is CN1CCC(=NN2Cc3ccccc3Cc3ccccc32)CC1. The molecule has 0 N–H and O–H groups in total. The van der Waals surface area contributed by atoms with E-state index in [4.69, 9.17) is 5.10 Å². The van der Waals surface area contributed by atoms with Crippen LogP contribution in [0.3, 0.4) is 0 Å². The Morgan fingerprint density at radius 3 is 2.26 bits per heavy atom. The van der Waals surface area contributed by atoms with Crippen molar-refractivity contribution in [1.82, 2.24) is 4.90 Å². The number of hydrazone groups is 1. The lowest BCUT2D eigenvalue weighted by Crippen LogP contribution is -2.32. The van der Waals surface area contributed by atoms with E-state index < -0.39 is 0 Å². The molecule has 1 fully saturated rings. The summed E-state index contributed by atoms with van der Waals surface area (Å²) in [4.78, 5) is 2.38. The van der Waals surface area contributed by atoms with Crippen molar-refractivity contribution < 1.29 is 0 Å². The average Bonchev–Trinajstić information content (AvgIpc) is 2.73. The first-order valence-electron chi connectivity index (χ1n) is 8.47. The summed E-state index contributed by atoms with van der Waals surface area (Å²) in [7, 11) is 2.19. The fourth-order valence-electron chi connectivity index (χ4n) is 3.48. The lowest BCUT2D eigenvalue weighted by atomic mass is 10.0. The van der Waals surface area contributed by atoms with Crippen LogP contribution in [0.1, 0.15) is 29.5 Å². The van der Waals surface area contributed by atoms with Gasteiger partial charge in [0.15, 0.2) is 0 Å². The Hall–Kier alpha value is -2.13. The molecular weight excluding hydrogens is 282 g/mol. The van der Waals surface area contributed by atoms with Crippen molar-refractivity contribution in [1.29, 1.82) is 0 Å². The van der Waals surface area contributed by atoms with Crippen LogP contribution in [0.4, 0.5) is 5.69 Å².